The SMILES string of the molecule is CCNC(=NCC1CCCN(C)C1)NC(C)c1cccs1.I. The number of thiophene rings is 1. The van der Waals surface area contributed by atoms with Gasteiger partial charge in [-0.1, -0.05) is 6.07 Å². The molecule has 1 aliphatic rings. The van der Waals surface area contributed by atoms with Crippen molar-refractivity contribution in [3.63, 3.8) is 0 Å². The third kappa shape index (κ3) is 6.42. The molecule has 4 nitrogen and oxygen atoms in total. The second-order valence-electron chi connectivity index (χ2n) is 5.87. The molecule has 2 rings (SSSR count). The van der Waals surface area contributed by atoms with Gasteiger partial charge in [0.2, 0.25) is 0 Å². The van der Waals surface area contributed by atoms with Crippen molar-refractivity contribution in [1.29, 1.82) is 0 Å². The van der Waals surface area contributed by atoms with Crippen LogP contribution in [0.4, 0.5) is 0 Å². The van der Waals surface area contributed by atoms with Crippen LogP contribution in [0.3, 0.4) is 0 Å². The van der Waals surface area contributed by atoms with Crippen LogP contribution in [0, 0.1) is 5.92 Å². The predicted octanol–water partition coefficient (Wildman–Crippen LogP) is 3.32. The summed E-state index contributed by atoms with van der Waals surface area (Å²) in [5.74, 6) is 1.63. The lowest BCUT2D eigenvalue weighted by atomic mass is 9.99. The van der Waals surface area contributed by atoms with Gasteiger partial charge in [0, 0.05) is 24.5 Å². The highest BCUT2D eigenvalue weighted by molar-refractivity contribution is 14.0. The van der Waals surface area contributed by atoms with E-state index >= 15 is 0 Å². The lowest BCUT2D eigenvalue weighted by molar-refractivity contribution is 0.214. The molecule has 0 amide bonds. The largest absolute Gasteiger partial charge is 0.357 e. The highest BCUT2D eigenvalue weighted by Crippen LogP contribution is 2.18. The maximum atomic E-state index is 4.79. The number of piperidine rings is 1. The molecule has 2 N–H and O–H groups in total. The maximum Gasteiger partial charge on any atom is 0.191 e. The third-order valence-electron chi connectivity index (χ3n) is 3.90. The predicted molar refractivity (Wildman–Crippen MR) is 107 cm³/mol. The second-order valence-corrected chi connectivity index (χ2v) is 6.85. The van der Waals surface area contributed by atoms with E-state index in [1.807, 2.05) is 0 Å². The highest BCUT2D eigenvalue weighted by atomic mass is 127. The topological polar surface area (TPSA) is 39.7 Å². The molecule has 1 fully saturated rings. The highest BCUT2D eigenvalue weighted by Gasteiger charge is 2.17. The van der Waals surface area contributed by atoms with E-state index in [0.29, 0.717) is 12.0 Å². The summed E-state index contributed by atoms with van der Waals surface area (Å²) >= 11 is 1.79. The summed E-state index contributed by atoms with van der Waals surface area (Å²) in [7, 11) is 2.21. The Hall–Kier alpha value is -0.340. The van der Waals surface area contributed by atoms with Gasteiger partial charge in [-0.05, 0) is 57.6 Å². The van der Waals surface area contributed by atoms with E-state index in [2.05, 4.69) is 53.9 Å². The summed E-state index contributed by atoms with van der Waals surface area (Å²) in [5.41, 5.74) is 0. The number of guanidine groups is 1. The Kier molecular flexibility index (Phi) is 9.35. The van der Waals surface area contributed by atoms with Crippen LogP contribution < -0.4 is 10.6 Å². The molecule has 0 saturated carbocycles. The fourth-order valence-corrected chi connectivity index (χ4v) is 3.51. The Morgan fingerprint density at radius 2 is 2.36 bits per heavy atom. The molecule has 2 heterocycles. The van der Waals surface area contributed by atoms with Gasteiger partial charge >= 0.3 is 0 Å². The molecule has 0 bridgehead atoms. The van der Waals surface area contributed by atoms with E-state index in [1.165, 1.54) is 30.8 Å². The van der Waals surface area contributed by atoms with Crippen molar-refractivity contribution in [3.8, 4) is 0 Å². The molecule has 0 aliphatic carbocycles. The van der Waals surface area contributed by atoms with Crippen LogP contribution in [-0.2, 0) is 0 Å². The van der Waals surface area contributed by atoms with Crippen LogP contribution in [0.2, 0.25) is 0 Å². The van der Waals surface area contributed by atoms with Crippen molar-refractivity contribution in [2.75, 3.05) is 33.2 Å². The Balaban J connectivity index is 0.00000242. The Morgan fingerprint density at radius 1 is 1.55 bits per heavy atom. The minimum absolute atomic E-state index is 0. The molecule has 2 unspecified atom stereocenters. The molecule has 0 aromatic carbocycles. The monoisotopic (exact) mass is 436 g/mol. The Labute approximate surface area is 155 Å². The van der Waals surface area contributed by atoms with Gasteiger partial charge in [-0.2, -0.15) is 0 Å². The molecule has 1 saturated heterocycles. The zero-order valence-corrected chi connectivity index (χ0v) is 17.0. The lowest BCUT2D eigenvalue weighted by Gasteiger charge is -2.28. The van der Waals surface area contributed by atoms with Crippen LogP contribution >= 0.6 is 35.3 Å². The second kappa shape index (κ2) is 10.4. The first-order valence-corrected chi connectivity index (χ1v) is 8.83. The number of hydrogen-bond acceptors (Lipinski definition) is 3. The van der Waals surface area contributed by atoms with Gasteiger partial charge in [-0.15, -0.1) is 35.3 Å². The number of nitrogens with one attached hydrogen (secondary N) is 2. The van der Waals surface area contributed by atoms with E-state index in [0.717, 1.165) is 19.0 Å². The fraction of sp³-hybridized carbons (Fsp3) is 0.688. The minimum Gasteiger partial charge on any atom is -0.357 e. The van der Waals surface area contributed by atoms with Crippen molar-refractivity contribution >= 4 is 41.3 Å². The zero-order valence-electron chi connectivity index (χ0n) is 13.8. The first-order chi connectivity index (χ1) is 10.2. The van der Waals surface area contributed by atoms with Gasteiger partial charge < -0.3 is 15.5 Å². The van der Waals surface area contributed by atoms with Crippen LogP contribution in [0.15, 0.2) is 22.5 Å². The molecule has 1 aliphatic heterocycles. The molecule has 2 atom stereocenters. The molecular weight excluding hydrogens is 407 g/mol. The molecule has 22 heavy (non-hydrogen) atoms. The van der Waals surface area contributed by atoms with E-state index < -0.39 is 0 Å². The summed E-state index contributed by atoms with van der Waals surface area (Å²) in [6.07, 6.45) is 2.60. The van der Waals surface area contributed by atoms with E-state index in [1.54, 1.807) is 11.3 Å². The molecule has 1 aromatic rings. The van der Waals surface area contributed by atoms with Crippen LogP contribution in [-0.4, -0.2) is 44.1 Å². The number of hydrogen-bond donors (Lipinski definition) is 2. The van der Waals surface area contributed by atoms with E-state index in [4.69, 9.17) is 4.99 Å². The summed E-state index contributed by atoms with van der Waals surface area (Å²) in [5, 5.41) is 8.98. The van der Waals surface area contributed by atoms with Gasteiger partial charge in [0.15, 0.2) is 5.96 Å². The van der Waals surface area contributed by atoms with Gasteiger partial charge in [0.05, 0.1) is 6.04 Å². The quantitative estimate of drug-likeness (QED) is 0.423. The van der Waals surface area contributed by atoms with Crippen molar-refractivity contribution < 1.29 is 0 Å². The third-order valence-corrected chi connectivity index (χ3v) is 4.95. The summed E-state index contributed by atoms with van der Waals surface area (Å²) in [6, 6.07) is 4.57. The molecular formula is C16H29IN4S. The van der Waals surface area contributed by atoms with Gasteiger partial charge in [-0.3, -0.25) is 4.99 Å². The molecule has 0 spiro atoms. The van der Waals surface area contributed by atoms with Crippen LogP contribution in [0.1, 0.15) is 37.6 Å². The summed E-state index contributed by atoms with van der Waals surface area (Å²) in [4.78, 5) is 8.55. The average Bonchev–Trinajstić information content (AvgIpc) is 2.99. The smallest absolute Gasteiger partial charge is 0.191 e. The summed E-state index contributed by atoms with van der Waals surface area (Å²) in [6.45, 7) is 8.51. The number of nitrogens with zero attached hydrogens (tertiary/aromatic N) is 2. The van der Waals surface area contributed by atoms with Crippen molar-refractivity contribution in [3.05, 3.63) is 22.4 Å². The maximum absolute atomic E-state index is 4.79. The average molecular weight is 436 g/mol. The number of likely N-dealkylation sites (tertiary alicyclic amines) is 1. The fourth-order valence-electron chi connectivity index (χ4n) is 2.78. The molecule has 6 heteroatoms. The first kappa shape index (κ1) is 19.7. The summed E-state index contributed by atoms with van der Waals surface area (Å²) < 4.78 is 0. The molecule has 0 radical (unpaired) electrons. The lowest BCUT2D eigenvalue weighted by Crippen LogP contribution is -2.39. The minimum atomic E-state index is 0. The Bertz CT molecular complexity index is 435. The van der Waals surface area contributed by atoms with E-state index in [9.17, 15) is 0 Å². The van der Waals surface area contributed by atoms with Crippen LogP contribution in [0.25, 0.3) is 0 Å². The Morgan fingerprint density at radius 3 is 3.00 bits per heavy atom. The van der Waals surface area contributed by atoms with E-state index in [-0.39, 0.29) is 24.0 Å². The normalized spacial score (nSPS) is 21.0. The number of halogens is 1. The molecule has 1 aromatic heterocycles. The standard InChI is InChI=1S/C16H28N4S.HI/c1-4-17-16(19-13(2)15-8-6-10-21-15)18-11-14-7-5-9-20(3)12-14;/h6,8,10,13-14H,4-5,7,9,11-12H2,1-3H3,(H2,17,18,19);1H. The number of rotatable bonds is 5. The van der Waals surface area contributed by atoms with Crippen molar-refractivity contribution in [1.82, 2.24) is 15.5 Å². The van der Waals surface area contributed by atoms with Gasteiger partial charge in [0.1, 0.15) is 0 Å². The van der Waals surface area contributed by atoms with Crippen molar-refractivity contribution in [2.45, 2.75) is 32.7 Å². The molecule has 126 valence electrons. The van der Waals surface area contributed by atoms with Crippen molar-refractivity contribution in [2.24, 2.45) is 10.9 Å². The first-order valence-electron chi connectivity index (χ1n) is 7.95. The zero-order chi connectivity index (χ0) is 15.1. The number of aliphatic imine (C=N–C) groups is 1. The van der Waals surface area contributed by atoms with Crippen LogP contribution in [0.5, 0.6) is 0 Å². The van der Waals surface area contributed by atoms with Gasteiger partial charge in [0.25, 0.3) is 0 Å². The van der Waals surface area contributed by atoms with Gasteiger partial charge in [-0.25, -0.2) is 0 Å².